The second-order valence-corrected chi connectivity index (χ2v) is 18.2. The topological polar surface area (TPSA) is 34.2 Å². The minimum atomic E-state index is 0.525. The molecule has 0 aromatic heterocycles. The van der Waals surface area contributed by atoms with E-state index < -0.39 is 0 Å². The fraction of sp³-hybridized carbons (Fsp3) is 0.118. The molecule has 9 aromatic rings. The molecule has 0 N–H and O–H groups in total. The molecule has 0 saturated carbocycles. The van der Waals surface area contributed by atoms with Crippen LogP contribution in [0.4, 0.5) is 34.1 Å². The Balaban J connectivity index is 0.852. The summed E-state index contributed by atoms with van der Waals surface area (Å²) in [6.45, 7) is 14.8. The summed E-state index contributed by atoms with van der Waals surface area (Å²) in [5.74, 6) is 0. The van der Waals surface area contributed by atoms with Crippen molar-refractivity contribution >= 4 is 52.4 Å². The Morgan fingerprint density at radius 1 is 0.247 bits per heavy atom. The number of hydrogen-bond acceptors (Lipinski definition) is 5. The van der Waals surface area contributed by atoms with Crippen LogP contribution in [0.5, 0.6) is 0 Å². The van der Waals surface area contributed by atoms with Gasteiger partial charge < -0.3 is 24.0 Å². The van der Waals surface area contributed by atoms with Gasteiger partial charge in [0.05, 0.1) is 39.6 Å². The Hall–Kier alpha value is -8.32. The normalized spacial score (nSPS) is 11.0. The van der Waals surface area contributed by atoms with Gasteiger partial charge in [0.1, 0.15) is 0 Å². The molecule has 73 heavy (non-hydrogen) atoms. The van der Waals surface area contributed by atoms with E-state index in [0.717, 1.165) is 97.0 Å². The van der Waals surface area contributed by atoms with Crippen LogP contribution in [0, 0.1) is 0 Å². The molecule has 9 aromatic carbocycles. The molecule has 0 aliphatic heterocycles. The van der Waals surface area contributed by atoms with Crippen molar-refractivity contribution in [1.29, 1.82) is 0 Å². The largest absolute Gasteiger partial charge is 0.372 e. The average molecular weight is 955 g/mol. The first-order valence-electron chi connectivity index (χ1n) is 25.0. The molecule has 0 saturated heterocycles. The third-order valence-corrected chi connectivity index (χ3v) is 12.9. The van der Waals surface area contributed by atoms with E-state index in [9.17, 15) is 0 Å². The third kappa shape index (κ3) is 13.8. The molecule has 0 bridgehead atoms. The van der Waals surface area contributed by atoms with Crippen molar-refractivity contribution in [3.05, 3.63) is 305 Å². The van der Waals surface area contributed by atoms with E-state index in [0.29, 0.717) is 39.6 Å². The molecule has 0 unspecified atom stereocenters. The van der Waals surface area contributed by atoms with Crippen LogP contribution < -0.4 is 9.80 Å². The van der Waals surface area contributed by atoms with Gasteiger partial charge in [-0.2, -0.15) is 0 Å². The standard InChI is InChI=1S/C68H62N2O3/c1-4-52-12-20-57(21-13-52)46-71-49-60-30-40-66(41-31-60)69(63-10-8-7-9-11-63)64-36-26-55(27-37-64)18-19-56-28-38-65(39-29-56)70(67-42-32-61(33-43-67)50-72-47-58-22-14-53(5-2)15-23-58)68-44-34-62(35-45-68)51-73-48-59-24-16-54(6-3)17-25-59/h4-17,20-45H,1-3,18-19,46-51H2. The molecule has 0 amide bonds. The van der Waals surface area contributed by atoms with Gasteiger partial charge in [-0.25, -0.2) is 0 Å². The number of rotatable bonds is 24. The van der Waals surface area contributed by atoms with Crippen molar-refractivity contribution in [2.75, 3.05) is 9.80 Å². The monoisotopic (exact) mass is 954 g/mol. The highest BCUT2D eigenvalue weighted by Crippen LogP contribution is 2.37. The van der Waals surface area contributed by atoms with Gasteiger partial charge in [0.2, 0.25) is 0 Å². The van der Waals surface area contributed by atoms with Crippen LogP contribution in [0.25, 0.3) is 18.2 Å². The first-order chi connectivity index (χ1) is 36.0. The zero-order valence-corrected chi connectivity index (χ0v) is 41.5. The predicted molar refractivity (Wildman–Crippen MR) is 305 cm³/mol. The van der Waals surface area contributed by atoms with Gasteiger partial charge in [-0.3, -0.25) is 0 Å². The molecule has 0 radical (unpaired) electrons. The lowest BCUT2D eigenvalue weighted by Crippen LogP contribution is -2.10. The number of benzene rings is 9. The zero-order valence-electron chi connectivity index (χ0n) is 41.5. The number of hydrogen-bond donors (Lipinski definition) is 0. The Morgan fingerprint density at radius 2 is 0.452 bits per heavy atom. The summed E-state index contributed by atoms with van der Waals surface area (Å²) < 4.78 is 18.3. The van der Waals surface area contributed by atoms with Crippen molar-refractivity contribution in [2.45, 2.75) is 52.5 Å². The molecule has 0 spiro atoms. The van der Waals surface area contributed by atoms with Crippen LogP contribution >= 0.6 is 0 Å². The SMILES string of the molecule is C=Cc1ccc(COCc2ccc(N(c3ccccc3)c3ccc(CCc4ccc(N(c5ccc(COCc6ccc(C=C)cc6)cc5)c5ccc(COCc6ccc(C=C)cc6)cc5)cc4)cc3)cc2)cc1. The van der Waals surface area contributed by atoms with Gasteiger partial charge in [0.15, 0.2) is 0 Å². The molecule has 0 aliphatic rings. The van der Waals surface area contributed by atoms with Crippen molar-refractivity contribution in [2.24, 2.45) is 0 Å². The van der Waals surface area contributed by atoms with E-state index in [4.69, 9.17) is 14.2 Å². The summed E-state index contributed by atoms with van der Waals surface area (Å²) in [6.07, 6.45) is 7.41. The first-order valence-corrected chi connectivity index (χ1v) is 25.0. The van der Waals surface area contributed by atoms with Crippen LogP contribution in [-0.2, 0) is 66.7 Å². The van der Waals surface area contributed by atoms with Gasteiger partial charge in [0, 0.05) is 34.1 Å². The summed E-state index contributed by atoms with van der Waals surface area (Å²) >= 11 is 0. The minimum Gasteiger partial charge on any atom is -0.372 e. The van der Waals surface area contributed by atoms with Crippen LogP contribution in [0.3, 0.4) is 0 Å². The number of anilines is 6. The second-order valence-electron chi connectivity index (χ2n) is 18.2. The average Bonchev–Trinajstić information content (AvgIpc) is 3.45. The number of nitrogens with zero attached hydrogens (tertiary/aromatic N) is 2. The fourth-order valence-corrected chi connectivity index (χ4v) is 8.72. The smallest absolute Gasteiger partial charge is 0.0721 e. The molecular formula is C68H62N2O3. The van der Waals surface area contributed by atoms with Gasteiger partial charge in [-0.05, 0) is 147 Å². The minimum absolute atomic E-state index is 0.525. The van der Waals surface area contributed by atoms with Crippen molar-refractivity contribution < 1.29 is 14.2 Å². The van der Waals surface area contributed by atoms with E-state index in [1.165, 1.54) is 11.1 Å². The van der Waals surface area contributed by atoms with Crippen LogP contribution in [0.2, 0.25) is 0 Å². The fourth-order valence-electron chi connectivity index (χ4n) is 8.72. The van der Waals surface area contributed by atoms with Crippen LogP contribution in [0.1, 0.15) is 61.2 Å². The summed E-state index contributed by atoms with van der Waals surface area (Å²) in [6, 6.07) is 79.5. The molecule has 0 fully saturated rings. The van der Waals surface area contributed by atoms with E-state index in [1.54, 1.807) is 0 Å². The van der Waals surface area contributed by atoms with Crippen LogP contribution in [-0.4, -0.2) is 0 Å². The zero-order chi connectivity index (χ0) is 50.0. The molecule has 5 heteroatoms. The van der Waals surface area contributed by atoms with E-state index in [1.807, 2.05) is 18.2 Å². The molecule has 362 valence electrons. The van der Waals surface area contributed by atoms with Gasteiger partial charge >= 0.3 is 0 Å². The maximum atomic E-state index is 6.12. The highest BCUT2D eigenvalue weighted by molar-refractivity contribution is 5.78. The molecule has 5 nitrogen and oxygen atoms in total. The number of ether oxygens (including phenoxy) is 3. The lowest BCUT2D eigenvalue weighted by molar-refractivity contribution is 0.107. The second kappa shape index (κ2) is 25.2. The molecule has 9 rings (SSSR count). The highest BCUT2D eigenvalue weighted by Gasteiger charge is 2.15. The number of aryl methyl sites for hydroxylation is 2. The quantitative estimate of drug-likeness (QED) is 0.0603. The van der Waals surface area contributed by atoms with Crippen LogP contribution in [0.15, 0.2) is 244 Å². The Kier molecular flexibility index (Phi) is 17.1. The molecule has 0 heterocycles. The van der Waals surface area contributed by atoms with Crippen molar-refractivity contribution in [1.82, 2.24) is 0 Å². The van der Waals surface area contributed by atoms with Crippen molar-refractivity contribution in [3.8, 4) is 0 Å². The Bertz CT molecular complexity index is 3030. The summed E-state index contributed by atoms with van der Waals surface area (Å²) in [4.78, 5) is 4.61. The van der Waals surface area contributed by atoms with E-state index in [2.05, 4.69) is 254 Å². The van der Waals surface area contributed by atoms with Gasteiger partial charge in [-0.15, -0.1) is 0 Å². The maximum absolute atomic E-state index is 6.12. The number of para-hydroxylation sites is 1. The lowest BCUT2D eigenvalue weighted by atomic mass is 10.0. The molecular weight excluding hydrogens is 893 g/mol. The van der Waals surface area contributed by atoms with E-state index in [-0.39, 0.29) is 0 Å². The first kappa shape index (κ1) is 49.7. The Labute approximate surface area is 432 Å². The summed E-state index contributed by atoms with van der Waals surface area (Å²) in [5, 5.41) is 0. The molecule has 0 aliphatic carbocycles. The van der Waals surface area contributed by atoms with Gasteiger partial charge in [-0.1, -0.05) is 190 Å². The predicted octanol–water partition coefficient (Wildman–Crippen LogP) is 17.5. The summed E-state index contributed by atoms with van der Waals surface area (Å²) in [7, 11) is 0. The van der Waals surface area contributed by atoms with E-state index >= 15 is 0 Å². The summed E-state index contributed by atoms with van der Waals surface area (Å²) in [5.41, 5.74) is 19.2. The highest BCUT2D eigenvalue weighted by atomic mass is 16.5. The Morgan fingerprint density at radius 3 is 0.685 bits per heavy atom. The van der Waals surface area contributed by atoms with Gasteiger partial charge in [0.25, 0.3) is 0 Å². The van der Waals surface area contributed by atoms with Crippen molar-refractivity contribution in [3.63, 3.8) is 0 Å². The molecule has 0 atom stereocenters. The third-order valence-electron chi connectivity index (χ3n) is 12.9. The lowest BCUT2D eigenvalue weighted by Gasteiger charge is -2.26. The maximum Gasteiger partial charge on any atom is 0.0721 e.